The molecule has 0 spiro atoms. The van der Waals surface area contributed by atoms with Crippen LogP contribution in [0.1, 0.15) is 66.7 Å². The molecule has 0 radical (unpaired) electrons. The van der Waals surface area contributed by atoms with E-state index in [0.29, 0.717) is 43.0 Å². The van der Waals surface area contributed by atoms with E-state index < -0.39 is 0 Å². The molecule has 4 fully saturated rings. The van der Waals surface area contributed by atoms with Crippen LogP contribution in [0, 0.1) is 23.2 Å². The molecule has 0 unspecified atom stereocenters. The first-order chi connectivity index (χ1) is 17.5. The van der Waals surface area contributed by atoms with Crippen molar-refractivity contribution in [2.75, 3.05) is 11.9 Å². The van der Waals surface area contributed by atoms with Gasteiger partial charge in [-0.05, 0) is 80.2 Å². The number of nitrogens with zero attached hydrogens (tertiary/aromatic N) is 5. The highest BCUT2D eigenvalue weighted by molar-refractivity contribution is 5.94. The number of amides is 2. The molecular formula is C28H30N6O2. The van der Waals surface area contributed by atoms with Gasteiger partial charge in [0.05, 0.1) is 29.5 Å². The zero-order valence-electron chi connectivity index (χ0n) is 20.3. The maximum Gasteiger partial charge on any atom is 0.274 e. The Morgan fingerprint density at radius 2 is 1.69 bits per heavy atom. The maximum absolute atomic E-state index is 13.2. The molecule has 2 aromatic heterocycles. The molecule has 3 heterocycles. The molecule has 36 heavy (non-hydrogen) atoms. The Bertz CT molecular complexity index is 1340. The lowest BCUT2D eigenvalue weighted by Crippen LogP contribution is -2.47. The first-order valence-electron chi connectivity index (χ1n) is 13.2. The Morgan fingerprint density at radius 3 is 2.44 bits per heavy atom. The van der Waals surface area contributed by atoms with Crippen molar-refractivity contribution in [2.24, 2.45) is 23.2 Å². The molecule has 8 heteroatoms. The number of rotatable bonds is 4. The summed E-state index contributed by atoms with van der Waals surface area (Å²) in [5.41, 5.74) is 3.70. The number of carbonyl (C=O) groups is 2. The van der Waals surface area contributed by atoms with Gasteiger partial charge < -0.3 is 10.2 Å². The summed E-state index contributed by atoms with van der Waals surface area (Å²) >= 11 is 0. The number of para-hydroxylation sites is 2. The lowest BCUT2D eigenvalue weighted by Gasteiger charge is -2.56. The number of hydrogen-bond acceptors (Lipinski definition) is 6. The number of carbonyl (C=O) groups excluding carboxylic acids is 2. The zero-order chi connectivity index (χ0) is 24.3. The van der Waals surface area contributed by atoms with Gasteiger partial charge in [-0.25, -0.2) is 15.0 Å². The number of anilines is 1. The minimum atomic E-state index is -0.162. The summed E-state index contributed by atoms with van der Waals surface area (Å²) in [7, 11) is 0. The average molecular weight is 483 g/mol. The molecule has 1 aromatic carbocycles. The summed E-state index contributed by atoms with van der Waals surface area (Å²) in [6.45, 7) is 0.884. The molecule has 1 N–H and O–H groups in total. The van der Waals surface area contributed by atoms with Crippen LogP contribution in [0.3, 0.4) is 0 Å². The quantitative estimate of drug-likeness (QED) is 0.599. The minimum Gasteiger partial charge on any atom is -0.331 e. The largest absolute Gasteiger partial charge is 0.331 e. The van der Waals surface area contributed by atoms with Gasteiger partial charge in [-0.15, -0.1) is 0 Å². The lowest BCUT2D eigenvalue weighted by atomic mass is 9.49. The van der Waals surface area contributed by atoms with E-state index in [9.17, 15) is 9.59 Å². The fourth-order valence-electron chi connectivity index (χ4n) is 7.88. The van der Waals surface area contributed by atoms with Crippen LogP contribution in [-0.4, -0.2) is 43.2 Å². The molecular weight excluding hydrogens is 452 g/mol. The summed E-state index contributed by atoms with van der Waals surface area (Å²) in [4.78, 5) is 45.9. The number of aromatic nitrogens is 4. The van der Waals surface area contributed by atoms with Crippen LogP contribution in [0.15, 0.2) is 36.8 Å². The van der Waals surface area contributed by atoms with E-state index in [0.717, 1.165) is 34.5 Å². The molecule has 5 aliphatic rings. The van der Waals surface area contributed by atoms with Crippen LogP contribution in [0.4, 0.5) is 5.82 Å². The molecule has 3 aromatic rings. The highest BCUT2D eigenvalue weighted by Gasteiger charge is 2.51. The molecule has 8 rings (SSSR count). The second kappa shape index (κ2) is 8.32. The smallest absolute Gasteiger partial charge is 0.274 e. The van der Waals surface area contributed by atoms with Crippen molar-refractivity contribution in [1.82, 2.24) is 24.8 Å². The molecule has 184 valence electrons. The van der Waals surface area contributed by atoms with Crippen molar-refractivity contribution >= 4 is 28.7 Å². The van der Waals surface area contributed by atoms with Crippen LogP contribution < -0.4 is 5.32 Å². The normalized spacial score (nSPS) is 28.2. The Morgan fingerprint density at radius 1 is 0.972 bits per heavy atom. The van der Waals surface area contributed by atoms with E-state index in [1.54, 1.807) is 4.90 Å². The van der Waals surface area contributed by atoms with Gasteiger partial charge in [-0.2, -0.15) is 0 Å². The van der Waals surface area contributed by atoms with Crippen LogP contribution in [0.5, 0.6) is 0 Å². The SMILES string of the molecule is O=C(CC12CC3CC(CC(C3)C1)C2)Nc1ncnc2c1CCN(C(=O)c1cnc3ccccc3n1)C2. The molecule has 0 saturated heterocycles. The van der Waals surface area contributed by atoms with Gasteiger partial charge in [0.15, 0.2) is 0 Å². The van der Waals surface area contributed by atoms with Gasteiger partial charge in [-0.1, -0.05) is 12.1 Å². The van der Waals surface area contributed by atoms with E-state index in [1.165, 1.54) is 51.0 Å². The summed E-state index contributed by atoms with van der Waals surface area (Å²) in [5, 5.41) is 3.13. The Balaban J connectivity index is 1.05. The monoisotopic (exact) mass is 482 g/mol. The molecule has 4 aliphatic carbocycles. The molecule has 8 nitrogen and oxygen atoms in total. The third-order valence-electron chi connectivity index (χ3n) is 8.92. The molecule has 4 saturated carbocycles. The van der Waals surface area contributed by atoms with Crippen molar-refractivity contribution in [3.63, 3.8) is 0 Å². The van der Waals surface area contributed by atoms with Crippen LogP contribution in [0.2, 0.25) is 0 Å². The molecule has 1 aliphatic heterocycles. The third kappa shape index (κ3) is 3.83. The predicted molar refractivity (Wildman–Crippen MR) is 134 cm³/mol. The Hall–Kier alpha value is -3.42. The Kier molecular flexibility index (Phi) is 5.04. The zero-order valence-corrected chi connectivity index (χ0v) is 20.3. The second-order valence-electron chi connectivity index (χ2n) is 11.5. The number of hydrogen-bond donors (Lipinski definition) is 1. The van der Waals surface area contributed by atoms with Gasteiger partial charge >= 0.3 is 0 Å². The summed E-state index contributed by atoms with van der Waals surface area (Å²) in [6.07, 6.45) is 12.0. The second-order valence-corrected chi connectivity index (χ2v) is 11.5. The number of benzene rings is 1. The topological polar surface area (TPSA) is 101 Å². The first kappa shape index (κ1) is 21.8. The van der Waals surface area contributed by atoms with Crippen molar-refractivity contribution in [3.05, 3.63) is 53.7 Å². The average Bonchev–Trinajstić information content (AvgIpc) is 2.86. The van der Waals surface area contributed by atoms with Crippen molar-refractivity contribution in [3.8, 4) is 0 Å². The van der Waals surface area contributed by atoms with Gasteiger partial charge in [0.1, 0.15) is 17.8 Å². The third-order valence-corrected chi connectivity index (χ3v) is 8.92. The van der Waals surface area contributed by atoms with E-state index >= 15 is 0 Å². The predicted octanol–water partition coefficient (Wildman–Crippen LogP) is 4.16. The Labute approximate surface area is 209 Å². The maximum atomic E-state index is 13.2. The summed E-state index contributed by atoms with van der Waals surface area (Å²) in [6, 6.07) is 7.53. The van der Waals surface area contributed by atoms with Crippen molar-refractivity contribution in [1.29, 1.82) is 0 Å². The van der Waals surface area contributed by atoms with Crippen molar-refractivity contribution < 1.29 is 9.59 Å². The van der Waals surface area contributed by atoms with Gasteiger partial charge in [-0.3, -0.25) is 14.6 Å². The molecule has 0 atom stereocenters. The molecule has 4 bridgehead atoms. The van der Waals surface area contributed by atoms with E-state index in [-0.39, 0.29) is 17.2 Å². The first-order valence-corrected chi connectivity index (χ1v) is 13.2. The van der Waals surface area contributed by atoms with Crippen LogP contribution >= 0.6 is 0 Å². The standard InChI is InChI=1S/C28H30N6O2/c35-25(13-28-10-17-7-18(11-28)9-19(8-17)12-28)33-26-20-5-6-34(15-24(20)30-16-31-26)27(36)23-14-29-21-3-1-2-4-22(21)32-23/h1-4,14,16-19H,5-13,15H2,(H,30,31,33,35). The number of fused-ring (bicyclic) bond motifs is 2. The van der Waals surface area contributed by atoms with Gasteiger partial charge in [0.2, 0.25) is 5.91 Å². The highest BCUT2D eigenvalue weighted by Crippen LogP contribution is 2.61. The molecule has 2 amide bonds. The van der Waals surface area contributed by atoms with Gasteiger partial charge in [0, 0.05) is 18.5 Å². The van der Waals surface area contributed by atoms with Crippen LogP contribution in [0.25, 0.3) is 11.0 Å². The minimum absolute atomic E-state index is 0.0720. The van der Waals surface area contributed by atoms with Crippen molar-refractivity contribution in [2.45, 2.75) is 57.9 Å². The van der Waals surface area contributed by atoms with Gasteiger partial charge in [0.25, 0.3) is 5.91 Å². The highest BCUT2D eigenvalue weighted by atomic mass is 16.2. The fraction of sp³-hybridized carbons (Fsp3) is 0.500. The summed E-state index contributed by atoms with van der Waals surface area (Å²) in [5.74, 6) is 2.99. The number of nitrogens with one attached hydrogen (secondary N) is 1. The van der Waals surface area contributed by atoms with E-state index in [4.69, 9.17) is 0 Å². The van der Waals surface area contributed by atoms with E-state index in [2.05, 4.69) is 25.3 Å². The van der Waals surface area contributed by atoms with Crippen LogP contribution in [-0.2, 0) is 17.8 Å². The fourth-order valence-corrected chi connectivity index (χ4v) is 7.88. The summed E-state index contributed by atoms with van der Waals surface area (Å²) < 4.78 is 0. The lowest BCUT2D eigenvalue weighted by molar-refractivity contribution is -0.124. The van der Waals surface area contributed by atoms with E-state index in [1.807, 2.05) is 24.3 Å².